The van der Waals surface area contributed by atoms with Crippen molar-refractivity contribution in [3.8, 4) is 0 Å². The first-order valence-corrected chi connectivity index (χ1v) is 3.17. The van der Waals surface area contributed by atoms with E-state index in [4.69, 9.17) is 10.2 Å². The fourth-order valence-electron chi connectivity index (χ4n) is 0.753. The molecule has 0 fully saturated rings. The van der Waals surface area contributed by atoms with Crippen LogP contribution in [0.1, 0.15) is 15.9 Å². The van der Waals surface area contributed by atoms with Gasteiger partial charge in [0.2, 0.25) is 0 Å². The number of carboxylic acids is 1. The summed E-state index contributed by atoms with van der Waals surface area (Å²) in [4.78, 5) is 10.3. The summed E-state index contributed by atoms with van der Waals surface area (Å²) in [6.07, 6.45) is 0. The van der Waals surface area contributed by atoms with E-state index in [1.807, 2.05) is 0 Å². The van der Waals surface area contributed by atoms with Crippen LogP contribution in [-0.4, -0.2) is 16.2 Å². The first-order valence-electron chi connectivity index (χ1n) is 3.17. The molecule has 4 heteroatoms. The second kappa shape index (κ2) is 5.01. The van der Waals surface area contributed by atoms with Gasteiger partial charge in [-0.15, -0.1) is 0 Å². The van der Waals surface area contributed by atoms with Crippen LogP contribution in [0.4, 0.5) is 0 Å². The third kappa shape index (κ3) is 2.72. The molecule has 0 aliphatic heterocycles. The Balaban J connectivity index is 0.00000121. The van der Waals surface area contributed by atoms with Crippen molar-refractivity contribution in [2.75, 3.05) is 0 Å². The first-order chi connectivity index (χ1) is 5.24. The van der Waals surface area contributed by atoms with Crippen molar-refractivity contribution in [1.82, 2.24) is 0 Å². The van der Waals surface area contributed by atoms with Gasteiger partial charge in [0.25, 0.3) is 0 Å². The zero-order chi connectivity index (χ0) is 8.27. The van der Waals surface area contributed by atoms with Crippen LogP contribution < -0.4 is 0 Å². The average molecular weight is 218 g/mol. The van der Waals surface area contributed by atoms with Crippen LogP contribution in [0.15, 0.2) is 24.3 Å². The number of benzene rings is 1. The summed E-state index contributed by atoms with van der Waals surface area (Å²) in [5.41, 5.74) is 0.956. The van der Waals surface area contributed by atoms with Crippen molar-refractivity contribution in [2.24, 2.45) is 0 Å². The Bertz CT molecular complexity index is 256. The fraction of sp³-hybridized carbons (Fsp3) is 0.125. The van der Waals surface area contributed by atoms with Gasteiger partial charge in [0.05, 0.1) is 12.2 Å². The van der Waals surface area contributed by atoms with Gasteiger partial charge in [-0.1, -0.05) is 12.1 Å². The molecule has 60 valence electrons. The smallest absolute Gasteiger partial charge is 0.335 e. The van der Waals surface area contributed by atoms with E-state index < -0.39 is 5.97 Å². The molecule has 0 saturated carbocycles. The predicted molar refractivity (Wildman–Crippen MR) is 39.3 cm³/mol. The van der Waals surface area contributed by atoms with Crippen LogP contribution in [0.25, 0.3) is 0 Å². The maximum absolute atomic E-state index is 10.3. The number of carboxylic acid groups (broad SMARTS) is 1. The Hall–Kier alpha value is -0.727. The molecule has 0 atom stereocenters. The van der Waals surface area contributed by atoms with E-state index in [0.29, 0.717) is 0 Å². The molecule has 0 bridgehead atoms. The summed E-state index contributed by atoms with van der Waals surface area (Å²) in [5.74, 6) is -0.950. The van der Waals surface area contributed by atoms with Gasteiger partial charge in [-0.3, -0.25) is 0 Å². The van der Waals surface area contributed by atoms with Crippen molar-refractivity contribution < 1.29 is 34.5 Å². The summed E-state index contributed by atoms with van der Waals surface area (Å²) in [5, 5.41) is 17.1. The second-order valence-corrected chi connectivity index (χ2v) is 2.16. The van der Waals surface area contributed by atoms with Gasteiger partial charge in [0.1, 0.15) is 0 Å². The molecule has 1 rings (SSSR count). The third-order valence-corrected chi connectivity index (χ3v) is 1.38. The molecule has 12 heavy (non-hydrogen) atoms. The number of aromatic carboxylic acids is 1. The predicted octanol–water partition coefficient (Wildman–Crippen LogP) is 0.875. The molecule has 1 aromatic carbocycles. The number of carbonyl (C=O) groups is 1. The SMILES string of the molecule is O=C(O)c1ccc(CO)cc1.[Zn]. The Kier molecular flexibility index (Phi) is 4.71. The number of aliphatic hydroxyl groups is 1. The molecule has 0 radical (unpaired) electrons. The standard InChI is InChI=1S/C8H8O3.Zn/c9-5-6-1-3-7(4-2-6)8(10)11;/h1-4,9H,5H2,(H,10,11);. The van der Waals surface area contributed by atoms with Gasteiger partial charge in [-0.25, -0.2) is 4.79 Å². The third-order valence-electron chi connectivity index (χ3n) is 1.38. The van der Waals surface area contributed by atoms with Crippen molar-refractivity contribution in [3.05, 3.63) is 35.4 Å². The van der Waals surface area contributed by atoms with Crippen LogP contribution in [0.2, 0.25) is 0 Å². The monoisotopic (exact) mass is 216 g/mol. The van der Waals surface area contributed by atoms with E-state index in [0.717, 1.165) is 5.56 Å². The van der Waals surface area contributed by atoms with Gasteiger partial charge in [0.15, 0.2) is 0 Å². The minimum absolute atomic E-state index is 0. The molecule has 0 unspecified atom stereocenters. The summed E-state index contributed by atoms with van der Waals surface area (Å²) in [6, 6.07) is 6.11. The van der Waals surface area contributed by atoms with Crippen LogP contribution in [0.5, 0.6) is 0 Å². The molecule has 0 aromatic heterocycles. The Morgan fingerprint density at radius 2 is 1.75 bits per heavy atom. The van der Waals surface area contributed by atoms with Gasteiger partial charge < -0.3 is 10.2 Å². The molecule has 0 saturated heterocycles. The summed E-state index contributed by atoms with van der Waals surface area (Å²) < 4.78 is 0. The summed E-state index contributed by atoms with van der Waals surface area (Å²) in [7, 11) is 0. The molecule has 0 aliphatic carbocycles. The summed E-state index contributed by atoms with van der Waals surface area (Å²) >= 11 is 0. The Morgan fingerprint density at radius 3 is 2.08 bits per heavy atom. The van der Waals surface area contributed by atoms with Crippen LogP contribution >= 0.6 is 0 Å². The minimum atomic E-state index is -0.950. The largest absolute Gasteiger partial charge is 0.478 e. The molecule has 0 amide bonds. The van der Waals surface area contributed by atoms with E-state index in [9.17, 15) is 4.79 Å². The quantitative estimate of drug-likeness (QED) is 0.723. The normalized spacial score (nSPS) is 8.75. The summed E-state index contributed by atoms with van der Waals surface area (Å²) in [6.45, 7) is -0.0557. The van der Waals surface area contributed by atoms with Crippen LogP contribution in [0.3, 0.4) is 0 Å². The van der Waals surface area contributed by atoms with Crippen LogP contribution in [-0.2, 0) is 26.1 Å². The van der Waals surface area contributed by atoms with E-state index in [1.54, 1.807) is 12.1 Å². The molecule has 3 nitrogen and oxygen atoms in total. The number of aliphatic hydroxyl groups excluding tert-OH is 1. The average Bonchev–Trinajstić information content (AvgIpc) is 2.05. The van der Waals surface area contributed by atoms with Crippen LogP contribution in [0, 0.1) is 0 Å². The van der Waals surface area contributed by atoms with E-state index in [-0.39, 0.29) is 31.6 Å². The Morgan fingerprint density at radius 1 is 1.25 bits per heavy atom. The molecular formula is C8H8O3Zn. The topological polar surface area (TPSA) is 57.5 Å². The second-order valence-electron chi connectivity index (χ2n) is 2.16. The maximum atomic E-state index is 10.3. The van der Waals surface area contributed by atoms with Crippen molar-refractivity contribution in [1.29, 1.82) is 0 Å². The zero-order valence-electron chi connectivity index (χ0n) is 6.53. The molecule has 1 aromatic rings. The van der Waals surface area contributed by atoms with Crippen molar-refractivity contribution >= 4 is 5.97 Å². The first kappa shape index (κ1) is 11.3. The minimum Gasteiger partial charge on any atom is -0.478 e. The van der Waals surface area contributed by atoms with E-state index in [1.165, 1.54) is 12.1 Å². The number of rotatable bonds is 2. The van der Waals surface area contributed by atoms with Gasteiger partial charge in [-0.05, 0) is 17.7 Å². The van der Waals surface area contributed by atoms with Gasteiger partial charge in [0, 0.05) is 19.5 Å². The van der Waals surface area contributed by atoms with E-state index >= 15 is 0 Å². The van der Waals surface area contributed by atoms with Crippen molar-refractivity contribution in [2.45, 2.75) is 6.61 Å². The van der Waals surface area contributed by atoms with E-state index in [2.05, 4.69) is 0 Å². The molecular weight excluding hydrogens is 209 g/mol. The number of hydrogen-bond acceptors (Lipinski definition) is 2. The molecule has 0 heterocycles. The molecule has 2 N–H and O–H groups in total. The van der Waals surface area contributed by atoms with Gasteiger partial charge in [-0.2, -0.15) is 0 Å². The van der Waals surface area contributed by atoms with Crippen molar-refractivity contribution in [3.63, 3.8) is 0 Å². The molecule has 0 aliphatic rings. The maximum Gasteiger partial charge on any atom is 0.335 e. The fourth-order valence-corrected chi connectivity index (χ4v) is 0.753. The number of hydrogen-bond donors (Lipinski definition) is 2. The molecule has 0 spiro atoms. The van der Waals surface area contributed by atoms with Gasteiger partial charge >= 0.3 is 5.97 Å². The zero-order valence-corrected chi connectivity index (χ0v) is 9.49. The Labute approximate surface area is 82.8 Å².